The smallest absolute Gasteiger partial charge is 0.308 e. The second-order valence-electron chi connectivity index (χ2n) is 7.90. The van der Waals surface area contributed by atoms with Crippen LogP contribution in [0.15, 0.2) is 30.5 Å². The molecule has 8 heteroatoms. The fraction of sp³-hybridized carbons (Fsp3) is 0.542. The van der Waals surface area contributed by atoms with Crippen LogP contribution in [0.25, 0.3) is 10.9 Å². The highest BCUT2D eigenvalue weighted by atomic mass is 16.7. The third kappa shape index (κ3) is 6.56. The summed E-state index contributed by atoms with van der Waals surface area (Å²) in [6, 6.07) is 7.90. The topological polar surface area (TPSA) is 104 Å². The van der Waals surface area contributed by atoms with E-state index in [0.717, 1.165) is 16.5 Å². The second-order valence-corrected chi connectivity index (χ2v) is 7.90. The number of aromatic amines is 1. The molecule has 2 heterocycles. The lowest BCUT2D eigenvalue weighted by molar-refractivity contribution is -0.230. The van der Waals surface area contributed by atoms with Gasteiger partial charge in [-0.05, 0) is 30.9 Å². The first-order valence-corrected chi connectivity index (χ1v) is 11.2. The van der Waals surface area contributed by atoms with Crippen molar-refractivity contribution in [2.24, 2.45) is 0 Å². The Kier molecular flexibility index (Phi) is 8.67. The van der Waals surface area contributed by atoms with Gasteiger partial charge in [0.25, 0.3) is 0 Å². The summed E-state index contributed by atoms with van der Waals surface area (Å²) in [5.74, 6) is -1.15. The molecule has 0 aliphatic carbocycles. The van der Waals surface area contributed by atoms with Gasteiger partial charge in [0.2, 0.25) is 6.29 Å². The number of aryl methyl sites for hydroxylation is 1. The van der Waals surface area contributed by atoms with Crippen LogP contribution in [-0.2, 0) is 39.8 Å². The first-order chi connectivity index (χ1) is 15.5. The standard InChI is InChI=1S/C24H31NO7/c1-3-7-21(26)30-19-13-24(29-15-20(19)31-22(27)8-4-2)32-23(28)12-11-16-14-25-18-10-6-5-9-17(16)18/h5-6,9-10,14,19-20,24-25H,3-4,7-8,11-13,15H2,1-2H3/t19-,20-,24-/m1/s1. The predicted molar refractivity (Wildman–Crippen MR) is 117 cm³/mol. The van der Waals surface area contributed by atoms with Crippen molar-refractivity contribution in [3.05, 3.63) is 36.0 Å². The number of H-pyrrole nitrogens is 1. The largest absolute Gasteiger partial charge is 0.458 e. The Morgan fingerprint density at radius 3 is 2.31 bits per heavy atom. The quantitative estimate of drug-likeness (QED) is 0.438. The Bertz CT molecular complexity index is 922. The number of ether oxygens (including phenoxy) is 4. The van der Waals surface area contributed by atoms with E-state index >= 15 is 0 Å². The van der Waals surface area contributed by atoms with E-state index in [1.807, 2.05) is 44.3 Å². The van der Waals surface area contributed by atoms with Crippen molar-refractivity contribution in [2.45, 2.75) is 77.3 Å². The number of fused-ring (bicyclic) bond motifs is 1. The highest BCUT2D eigenvalue weighted by Crippen LogP contribution is 2.24. The first-order valence-electron chi connectivity index (χ1n) is 11.2. The maximum absolute atomic E-state index is 12.4. The molecule has 1 aliphatic heterocycles. The van der Waals surface area contributed by atoms with Crippen LogP contribution in [0.3, 0.4) is 0 Å². The summed E-state index contributed by atoms with van der Waals surface area (Å²) in [6.45, 7) is 3.76. The van der Waals surface area contributed by atoms with Crippen LogP contribution < -0.4 is 0 Å². The number of esters is 3. The van der Waals surface area contributed by atoms with Gasteiger partial charge in [0.1, 0.15) is 6.10 Å². The highest BCUT2D eigenvalue weighted by molar-refractivity contribution is 5.83. The van der Waals surface area contributed by atoms with E-state index in [0.29, 0.717) is 19.3 Å². The molecule has 0 radical (unpaired) electrons. The van der Waals surface area contributed by atoms with Gasteiger partial charge in [-0.25, -0.2) is 0 Å². The Hall–Kier alpha value is -2.87. The number of rotatable bonds is 10. The average Bonchev–Trinajstić information content (AvgIpc) is 3.17. The van der Waals surface area contributed by atoms with Crippen molar-refractivity contribution >= 4 is 28.8 Å². The summed E-state index contributed by atoms with van der Waals surface area (Å²) >= 11 is 0. The fourth-order valence-corrected chi connectivity index (χ4v) is 3.68. The third-order valence-electron chi connectivity index (χ3n) is 5.30. The van der Waals surface area contributed by atoms with Crippen molar-refractivity contribution in [1.29, 1.82) is 0 Å². The molecule has 32 heavy (non-hydrogen) atoms. The molecular formula is C24H31NO7. The molecule has 3 rings (SSSR count). The van der Waals surface area contributed by atoms with E-state index in [1.54, 1.807) is 0 Å². The molecule has 0 saturated carbocycles. The minimum atomic E-state index is -0.856. The molecule has 0 bridgehead atoms. The molecule has 2 aromatic rings. The van der Waals surface area contributed by atoms with Crippen molar-refractivity contribution in [3.63, 3.8) is 0 Å². The molecule has 1 aromatic heterocycles. The van der Waals surface area contributed by atoms with Gasteiger partial charge in [-0.3, -0.25) is 14.4 Å². The number of para-hydroxylation sites is 1. The monoisotopic (exact) mass is 445 g/mol. The molecule has 1 N–H and O–H groups in total. The minimum Gasteiger partial charge on any atom is -0.458 e. The van der Waals surface area contributed by atoms with Gasteiger partial charge in [-0.2, -0.15) is 0 Å². The predicted octanol–water partition coefficient (Wildman–Crippen LogP) is 3.81. The summed E-state index contributed by atoms with van der Waals surface area (Å²) < 4.78 is 22.0. The Morgan fingerprint density at radius 1 is 0.938 bits per heavy atom. The SMILES string of the molecule is CCCC(=O)O[C@@H]1CO[C@H](OC(=O)CCc2c[nH]c3ccccc23)C[C@H]1OC(=O)CCC. The number of carbonyl (C=O) groups excluding carboxylic acids is 3. The number of carbonyl (C=O) groups is 3. The maximum Gasteiger partial charge on any atom is 0.308 e. The molecule has 1 aromatic carbocycles. The van der Waals surface area contributed by atoms with E-state index in [2.05, 4.69) is 4.98 Å². The van der Waals surface area contributed by atoms with E-state index in [-0.39, 0.29) is 44.2 Å². The van der Waals surface area contributed by atoms with Gasteiger partial charge in [-0.15, -0.1) is 0 Å². The number of benzene rings is 1. The maximum atomic E-state index is 12.4. The second kappa shape index (κ2) is 11.7. The molecule has 8 nitrogen and oxygen atoms in total. The van der Waals surface area contributed by atoms with Gasteiger partial charge in [0.15, 0.2) is 6.10 Å². The van der Waals surface area contributed by atoms with Crippen LogP contribution in [0.5, 0.6) is 0 Å². The lowest BCUT2D eigenvalue weighted by Gasteiger charge is -2.34. The molecule has 1 fully saturated rings. The van der Waals surface area contributed by atoms with Crippen molar-refractivity contribution in [3.8, 4) is 0 Å². The zero-order chi connectivity index (χ0) is 22.9. The van der Waals surface area contributed by atoms with E-state index in [4.69, 9.17) is 18.9 Å². The number of nitrogens with one attached hydrogen (secondary N) is 1. The van der Waals surface area contributed by atoms with E-state index in [1.165, 1.54) is 0 Å². The number of hydrogen-bond donors (Lipinski definition) is 1. The molecule has 174 valence electrons. The van der Waals surface area contributed by atoms with Gasteiger partial charge in [0.05, 0.1) is 13.0 Å². The molecule has 0 spiro atoms. The van der Waals surface area contributed by atoms with Crippen molar-refractivity contribution in [2.75, 3.05) is 6.61 Å². The lowest BCUT2D eigenvalue weighted by atomic mass is 10.1. The average molecular weight is 446 g/mol. The highest BCUT2D eigenvalue weighted by Gasteiger charge is 2.38. The van der Waals surface area contributed by atoms with Gasteiger partial charge in [0, 0.05) is 36.4 Å². The Labute approximate surface area is 187 Å². The number of hydrogen-bond acceptors (Lipinski definition) is 7. The van der Waals surface area contributed by atoms with Crippen LogP contribution >= 0.6 is 0 Å². The number of aromatic nitrogens is 1. The summed E-state index contributed by atoms with van der Waals surface area (Å²) in [5, 5.41) is 1.08. The summed E-state index contributed by atoms with van der Waals surface area (Å²) in [4.78, 5) is 39.5. The third-order valence-corrected chi connectivity index (χ3v) is 5.30. The van der Waals surface area contributed by atoms with Gasteiger partial charge < -0.3 is 23.9 Å². The van der Waals surface area contributed by atoms with E-state index in [9.17, 15) is 14.4 Å². The van der Waals surface area contributed by atoms with Crippen LogP contribution in [0, 0.1) is 0 Å². The molecule has 1 saturated heterocycles. The van der Waals surface area contributed by atoms with Crippen LogP contribution in [-0.4, -0.2) is 48.0 Å². The van der Waals surface area contributed by atoms with Crippen LogP contribution in [0.1, 0.15) is 57.9 Å². The molecule has 1 aliphatic rings. The molecular weight excluding hydrogens is 414 g/mol. The van der Waals surface area contributed by atoms with Crippen molar-refractivity contribution in [1.82, 2.24) is 4.98 Å². The summed E-state index contributed by atoms with van der Waals surface area (Å²) in [5.41, 5.74) is 2.06. The van der Waals surface area contributed by atoms with Gasteiger partial charge >= 0.3 is 17.9 Å². The normalized spacial score (nSPS) is 20.6. The molecule has 0 unspecified atom stereocenters. The van der Waals surface area contributed by atoms with Crippen LogP contribution in [0.2, 0.25) is 0 Å². The zero-order valence-corrected chi connectivity index (χ0v) is 18.6. The first kappa shape index (κ1) is 23.8. The van der Waals surface area contributed by atoms with Crippen molar-refractivity contribution < 1.29 is 33.3 Å². The molecule has 3 atom stereocenters. The minimum absolute atomic E-state index is 0.0000786. The Morgan fingerprint density at radius 2 is 1.59 bits per heavy atom. The summed E-state index contributed by atoms with van der Waals surface area (Å²) in [6.07, 6.45) is 2.31. The lowest BCUT2D eigenvalue weighted by Crippen LogP contribution is -2.47. The Balaban J connectivity index is 1.54. The molecule has 0 amide bonds. The van der Waals surface area contributed by atoms with Gasteiger partial charge in [-0.1, -0.05) is 32.0 Å². The van der Waals surface area contributed by atoms with E-state index < -0.39 is 24.5 Å². The summed E-state index contributed by atoms with van der Waals surface area (Å²) in [7, 11) is 0. The van der Waals surface area contributed by atoms with Crippen LogP contribution in [0.4, 0.5) is 0 Å². The zero-order valence-electron chi connectivity index (χ0n) is 18.6. The fourth-order valence-electron chi connectivity index (χ4n) is 3.68.